The molecule has 1 saturated carbocycles. The summed E-state index contributed by atoms with van der Waals surface area (Å²) in [4.78, 5) is 16.1. The Balaban J connectivity index is 0.000000317. The van der Waals surface area contributed by atoms with Crippen molar-refractivity contribution in [1.29, 1.82) is 5.26 Å². The smallest absolute Gasteiger partial charge is 0.146 e. The number of carbonyl (C=O) groups excluding carboxylic acids is 1. The average molecular weight is 505 g/mol. The number of ketones is 1. The average Bonchev–Trinajstić information content (AvgIpc) is 2.88. The van der Waals surface area contributed by atoms with E-state index in [1.54, 1.807) is 13.2 Å². The SMILES string of the molecule is CC1CCC1.CCCC(=O)CC(C)c1ccccc1.CCCCC(C)=Nc1c(C)cc(C#N)cc1OC. The van der Waals surface area contributed by atoms with Crippen LogP contribution in [0.1, 0.15) is 115 Å². The van der Waals surface area contributed by atoms with E-state index in [9.17, 15) is 4.79 Å². The number of benzene rings is 2. The lowest BCUT2D eigenvalue weighted by atomic mass is 9.88. The lowest BCUT2D eigenvalue weighted by molar-refractivity contribution is -0.119. The minimum absolute atomic E-state index is 0.357. The number of aliphatic imine (C=N–C) groups is 1. The number of ether oxygens (including phenoxy) is 1. The van der Waals surface area contributed by atoms with Crippen LogP contribution in [-0.2, 0) is 4.79 Å². The third-order valence-electron chi connectivity index (χ3n) is 6.63. The number of methoxy groups -OCH3 is 1. The van der Waals surface area contributed by atoms with Crippen molar-refractivity contribution in [2.45, 2.75) is 105 Å². The summed E-state index contributed by atoms with van der Waals surface area (Å²) in [6, 6.07) is 15.9. The number of nitrogens with zero attached hydrogens (tertiary/aromatic N) is 2. The van der Waals surface area contributed by atoms with E-state index < -0.39 is 0 Å². The zero-order chi connectivity index (χ0) is 27.6. The van der Waals surface area contributed by atoms with Gasteiger partial charge in [-0.05, 0) is 62.1 Å². The number of hydrogen-bond acceptors (Lipinski definition) is 4. The molecular formula is C33H48N2O2. The Morgan fingerprint density at radius 3 is 2.27 bits per heavy atom. The van der Waals surface area contributed by atoms with Crippen molar-refractivity contribution in [1.82, 2.24) is 0 Å². The van der Waals surface area contributed by atoms with E-state index in [1.807, 2.05) is 45.0 Å². The maximum absolute atomic E-state index is 11.4. The molecule has 2 aromatic rings. The molecule has 37 heavy (non-hydrogen) atoms. The minimum Gasteiger partial charge on any atom is -0.494 e. The zero-order valence-corrected chi connectivity index (χ0v) is 24.3. The van der Waals surface area contributed by atoms with E-state index in [0.717, 1.165) is 55.0 Å². The molecule has 2 aromatic carbocycles. The van der Waals surface area contributed by atoms with Gasteiger partial charge in [-0.15, -0.1) is 0 Å². The van der Waals surface area contributed by atoms with E-state index in [4.69, 9.17) is 10.00 Å². The molecule has 3 rings (SSSR count). The summed E-state index contributed by atoms with van der Waals surface area (Å²) in [6.07, 6.45) is 10.1. The highest BCUT2D eigenvalue weighted by Gasteiger charge is 2.10. The molecular weight excluding hydrogens is 456 g/mol. The molecule has 0 N–H and O–H groups in total. The van der Waals surface area contributed by atoms with Gasteiger partial charge in [-0.1, -0.05) is 83.7 Å². The van der Waals surface area contributed by atoms with Gasteiger partial charge in [-0.2, -0.15) is 5.26 Å². The van der Waals surface area contributed by atoms with Gasteiger partial charge >= 0.3 is 0 Å². The molecule has 0 saturated heterocycles. The van der Waals surface area contributed by atoms with Crippen LogP contribution in [0.5, 0.6) is 5.75 Å². The number of hydrogen-bond donors (Lipinski definition) is 0. The first-order chi connectivity index (χ1) is 17.7. The Labute approximate surface area is 226 Å². The van der Waals surface area contributed by atoms with Gasteiger partial charge in [0.05, 0.1) is 18.7 Å². The van der Waals surface area contributed by atoms with Crippen molar-refractivity contribution >= 4 is 17.2 Å². The van der Waals surface area contributed by atoms with Gasteiger partial charge < -0.3 is 4.74 Å². The van der Waals surface area contributed by atoms with Crippen molar-refractivity contribution in [2.75, 3.05) is 7.11 Å². The second kappa shape index (κ2) is 18.3. The summed E-state index contributed by atoms with van der Waals surface area (Å²) < 4.78 is 5.32. The van der Waals surface area contributed by atoms with Crippen LogP contribution >= 0.6 is 0 Å². The molecule has 0 amide bonds. The molecule has 202 valence electrons. The summed E-state index contributed by atoms with van der Waals surface area (Å²) >= 11 is 0. The van der Waals surface area contributed by atoms with Crippen LogP contribution in [0.2, 0.25) is 0 Å². The number of nitriles is 1. The van der Waals surface area contributed by atoms with Crippen molar-refractivity contribution in [3.63, 3.8) is 0 Å². The van der Waals surface area contributed by atoms with Crippen LogP contribution in [0, 0.1) is 24.2 Å². The van der Waals surface area contributed by atoms with Gasteiger partial charge in [0, 0.05) is 24.6 Å². The lowest BCUT2D eigenvalue weighted by Crippen LogP contribution is -2.04. The Morgan fingerprint density at radius 2 is 1.78 bits per heavy atom. The molecule has 1 unspecified atom stereocenters. The van der Waals surface area contributed by atoms with Gasteiger partial charge in [0.1, 0.15) is 17.2 Å². The number of Topliss-reactive ketones (excluding diaryl/α,β-unsaturated/α-hetero) is 1. The van der Waals surface area contributed by atoms with E-state index in [1.165, 1.54) is 24.8 Å². The fourth-order valence-electron chi connectivity index (χ4n) is 4.02. The standard InChI is InChI=1S/C15H20N2O.C13H18O.C5H10/c1-5-6-7-12(3)17-15-11(2)8-13(10-16)9-14(15)18-4;1-3-7-13(14)10-11(2)12-8-5-4-6-9-12;1-5-3-2-4-5/h8-9H,5-7H2,1-4H3;4-6,8-9,11H,3,7,10H2,1-2H3;5H,2-4H2,1H3. The van der Waals surface area contributed by atoms with E-state index in [2.05, 4.69) is 44.0 Å². The molecule has 0 spiro atoms. The van der Waals surface area contributed by atoms with Gasteiger partial charge in [-0.3, -0.25) is 9.79 Å². The van der Waals surface area contributed by atoms with Crippen LogP contribution < -0.4 is 4.74 Å². The molecule has 0 heterocycles. The number of aryl methyl sites for hydroxylation is 1. The maximum Gasteiger partial charge on any atom is 0.146 e. The molecule has 1 aliphatic carbocycles. The Kier molecular flexibility index (Phi) is 15.9. The Bertz CT molecular complexity index is 1000. The summed E-state index contributed by atoms with van der Waals surface area (Å²) in [5, 5.41) is 8.93. The number of carbonyl (C=O) groups is 1. The van der Waals surface area contributed by atoms with Crippen molar-refractivity contribution < 1.29 is 9.53 Å². The van der Waals surface area contributed by atoms with Crippen molar-refractivity contribution in [3.8, 4) is 11.8 Å². The van der Waals surface area contributed by atoms with Crippen molar-refractivity contribution in [3.05, 3.63) is 59.2 Å². The quantitative estimate of drug-likeness (QED) is 0.303. The highest BCUT2D eigenvalue weighted by atomic mass is 16.5. The first-order valence-electron chi connectivity index (χ1n) is 13.9. The maximum atomic E-state index is 11.4. The molecule has 1 aliphatic rings. The van der Waals surface area contributed by atoms with Crippen LogP contribution in [0.15, 0.2) is 47.5 Å². The van der Waals surface area contributed by atoms with Crippen LogP contribution in [0.25, 0.3) is 0 Å². The van der Waals surface area contributed by atoms with Crippen LogP contribution in [0.4, 0.5) is 5.69 Å². The summed E-state index contributed by atoms with van der Waals surface area (Å²) in [7, 11) is 1.61. The molecule has 0 aromatic heterocycles. The first-order valence-corrected chi connectivity index (χ1v) is 13.9. The van der Waals surface area contributed by atoms with Crippen LogP contribution in [-0.4, -0.2) is 18.6 Å². The molecule has 0 radical (unpaired) electrons. The predicted octanol–water partition coefficient (Wildman–Crippen LogP) is 9.51. The summed E-state index contributed by atoms with van der Waals surface area (Å²) in [6.45, 7) is 12.6. The van der Waals surface area contributed by atoms with Gasteiger partial charge in [0.15, 0.2) is 0 Å². The monoisotopic (exact) mass is 504 g/mol. The van der Waals surface area contributed by atoms with Crippen LogP contribution in [0.3, 0.4) is 0 Å². The highest BCUT2D eigenvalue weighted by Crippen LogP contribution is 2.33. The molecule has 0 bridgehead atoms. The van der Waals surface area contributed by atoms with Gasteiger partial charge in [-0.25, -0.2) is 0 Å². The molecule has 1 atom stereocenters. The predicted molar refractivity (Wildman–Crippen MR) is 157 cm³/mol. The number of unbranched alkanes of at least 4 members (excludes halogenated alkanes) is 1. The van der Waals surface area contributed by atoms with Gasteiger partial charge in [0.2, 0.25) is 0 Å². The summed E-state index contributed by atoms with van der Waals surface area (Å²) in [5.41, 5.74) is 4.78. The highest BCUT2D eigenvalue weighted by molar-refractivity contribution is 5.86. The zero-order valence-electron chi connectivity index (χ0n) is 24.3. The molecule has 4 nitrogen and oxygen atoms in total. The lowest BCUT2D eigenvalue weighted by Gasteiger charge is -2.18. The molecule has 4 heteroatoms. The second-order valence-corrected chi connectivity index (χ2v) is 10.2. The van der Waals surface area contributed by atoms with E-state index >= 15 is 0 Å². The third-order valence-corrected chi connectivity index (χ3v) is 6.63. The molecule has 0 aliphatic heterocycles. The summed E-state index contributed by atoms with van der Waals surface area (Å²) in [5.74, 6) is 2.47. The van der Waals surface area contributed by atoms with E-state index in [-0.39, 0.29) is 0 Å². The number of rotatable bonds is 10. The normalized spacial score (nSPS) is 13.6. The fourth-order valence-corrected chi connectivity index (χ4v) is 4.02. The first kappa shape index (κ1) is 32.1. The van der Waals surface area contributed by atoms with Gasteiger partial charge in [0.25, 0.3) is 0 Å². The fraction of sp³-hybridized carbons (Fsp3) is 0.545. The topological polar surface area (TPSA) is 62.5 Å². The second-order valence-electron chi connectivity index (χ2n) is 10.2. The van der Waals surface area contributed by atoms with Crippen molar-refractivity contribution in [2.24, 2.45) is 10.9 Å². The minimum atomic E-state index is 0.357. The Morgan fingerprint density at radius 1 is 1.14 bits per heavy atom. The third kappa shape index (κ3) is 12.7. The Hall–Kier alpha value is -2.93. The van der Waals surface area contributed by atoms with E-state index in [0.29, 0.717) is 29.4 Å². The largest absolute Gasteiger partial charge is 0.494 e. The molecule has 1 fully saturated rings.